The summed E-state index contributed by atoms with van der Waals surface area (Å²) in [5, 5.41) is 3.16. The van der Waals surface area contributed by atoms with Crippen LogP contribution in [0.2, 0.25) is 0 Å². The fourth-order valence-electron chi connectivity index (χ4n) is 3.67. The second-order valence-corrected chi connectivity index (χ2v) is 7.39. The summed E-state index contributed by atoms with van der Waals surface area (Å²) in [6, 6.07) is 10.8. The van der Waals surface area contributed by atoms with E-state index in [1.54, 1.807) is 0 Å². The molecule has 1 aromatic rings. The van der Waals surface area contributed by atoms with Gasteiger partial charge in [0.15, 0.2) is 0 Å². The monoisotopic (exact) mass is 331 g/mol. The lowest BCUT2D eigenvalue weighted by Gasteiger charge is -2.38. The average Bonchev–Trinajstić information content (AvgIpc) is 3.09. The maximum atomic E-state index is 12.6. The molecule has 2 heterocycles. The Kier molecular flexibility index (Phi) is 5.41. The Morgan fingerprint density at radius 2 is 1.92 bits per heavy atom. The molecule has 0 radical (unpaired) electrons. The summed E-state index contributed by atoms with van der Waals surface area (Å²) in [5.74, 6) is 0. The summed E-state index contributed by atoms with van der Waals surface area (Å²) < 4.78 is 5.69. The minimum atomic E-state index is -0.261. The summed E-state index contributed by atoms with van der Waals surface area (Å²) >= 11 is 0. The first kappa shape index (κ1) is 17.2. The summed E-state index contributed by atoms with van der Waals surface area (Å²) in [6.45, 7) is 8.84. The summed E-state index contributed by atoms with van der Waals surface area (Å²) in [4.78, 5) is 16.9. The predicted octanol–water partition coefficient (Wildman–Crippen LogP) is 2.64. The molecule has 1 N–H and O–H groups in total. The molecule has 0 bridgehead atoms. The van der Waals surface area contributed by atoms with Gasteiger partial charge in [-0.15, -0.1) is 0 Å². The topological polar surface area (TPSA) is 44.8 Å². The number of carbonyl (C=O) groups excluding carboxylic acids is 1. The molecule has 24 heavy (non-hydrogen) atoms. The lowest BCUT2D eigenvalue weighted by molar-refractivity contribution is -0.0734. The number of rotatable bonds is 4. The zero-order valence-electron chi connectivity index (χ0n) is 14.8. The third kappa shape index (κ3) is 4.28. The molecular weight excluding hydrogens is 302 g/mol. The highest BCUT2D eigenvalue weighted by atomic mass is 16.5. The lowest BCUT2D eigenvalue weighted by Crippen LogP contribution is -2.54. The van der Waals surface area contributed by atoms with Gasteiger partial charge in [-0.1, -0.05) is 30.3 Å². The number of carbonyl (C=O) groups is 1. The molecule has 2 amide bonds. The van der Waals surface area contributed by atoms with Crippen LogP contribution in [-0.4, -0.2) is 60.8 Å². The van der Waals surface area contributed by atoms with Crippen molar-refractivity contribution in [2.45, 2.75) is 38.3 Å². The van der Waals surface area contributed by atoms with E-state index in [0.29, 0.717) is 26.2 Å². The molecule has 0 spiro atoms. The maximum Gasteiger partial charge on any atom is 0.317 e. The number of hydrogen-bond donors (Lipinski definition) is 1. The minimum Gasteiger partial charge on any atom is -0.372 e. The largest absolute Gasteiger partial charge is 0.372 e. The fraction of sp³-hybridized carbons (Fsp3) is 0.632. The Bertz CT molecular complexity index is 541. The van der Waals surface area contributed by atoms with E-state index in [9.17, 15) is 4.79 Å². The Balaban J connectivity index is 1.62. The SMILES string of the molecule is CC1(C)CN(C(=O)NCC(c2ccccc2)N2CCCC2)CCO1. The van der Waals surface area contributed by atoms with Crippen molar-refractivity contribution in [1.82, 2.24) is 15.1 Å². The third-order valence-corrected chi connectivity index (χ3v) is 4.93. The first-order valence-electron chi connectivity index (χ1n) is 9.01. The summed E-state index contributed by atoms with van der Waals surface area (Å²) in [7, 11) is 0. The molecule has 2 aliphatic rings. The van der Waals surface area contributed by atoms with Gasteiger partial charge in [0.1, 0.15) is 0 Å². The number of benzene rings is 1. The smallest absolute Gasteiger partial charge is 0.317 e. The van der Waals surface area contributed by atoms with Gasteiger partial charge in [-0.05, 0) is 45.3 Å². The van der Waals surface area contributed by atoms with E-state index in [1.165, 1.54) is 18.4 Å². The van der Waals surface area contributed by atoms with Gasteiger partial charge in [0.05, 0.1) is 24.8 Å². The van der Waals surface area contributed by atoms with Crippen LogP contribution >= 0.6 is 0 Å². The number of nitrogens with one attached hydrogen (secondary N) is 1. The van der Waals surface area contributed by atoms with E-state index < -0.39 is 0 Å². The maximum absolute atomic E-state index is 12.6. The van der Waals surface area contributed by atoms with Crippen LogP contribution in [0.5, 0.6) is 0 Å². The number of likely N-dealkylation sites (tertiary alicyclic amines) is 1. The standard InChI is InChI=1S/C19H29N3O2/c1-19(2)15-22(12-13-24-19)18(23)20-14-17(21-10-6-7-11-21)16-8-4-3-5-9-16/h3-5,8-9,17H,6-7,10-15H2,1-2H3,(H,20,23). The van der Waals surface area contributed by atoms with Crippen LogP contribution in [0.15, 0.2) is 30.3 Å². The Morgan fingerprint density at radius 1 is 1.21 bits per heavy atom. The van der Waals surface area contributed by atoms with Crippen LogP contribution in [0.1, 0.15) is 38.3 Å². The van der Waals surface area contributed by atoms with Crippen molar-refractivity contribution >= 4 is 6.03 Å². The van der Waals surface area contributed by atoms with E-state index in [-0.39, 0.29) is 17.7 Å². The second-order valence-electron chi connectivity index (χ2n) is 7.39. The van der Waals surface area contributed by atoms with Crippen molar-refractivity contribution in [1.29, 1.82) is 0 Å². The van der Waals surface area contributed by atoms with Crippen molar-refractivity contribution in [3.63, 3.8) is 0 Å². The van der Waals surface area contributed by atoms with Crippen LogP contribution in [-0.2, 0) is 4.74 Å². The molecule has 0 saturated carbocycles. The number of hydrogen-bond acceptors (Lipinski definition) is 3. The molecular formula is C19H29N3O2. The van der Waals surface area contributed by atoms with Crippen molar-refractivity contribution in [2.24, 2.45) is 0 Å². The van der Waals surface area contributed by atoms with Crippen molar-refractivity contribution in [2.75, 3.05) is 39.3 Å². The van der Waals surface area contributed by atoms with Gasteiger partial charge in [-0.3, -0.25) is 4.90 Å². The van der Waals surface area contributed by atoms with Crippen LogP contribution in [0, 0.1) is 0 Å². The number of morpholine rings is 1. The molecule has 5 heteroatoms. The van der Waals surface area contributed by atoms with Gasteiger partial charge in [0.25, 0.3) is 0 Å². The van der Waals surface area contributed by atoms with E-state index in [1.807, 2.05) is 24.8 Å². The molecule has 1 aromatic carbocycles. The van der Waals surface area contributed by atoms with Gasteiger partial charge >= 0.3 is 6.03 Å². The predicted molar refractivity (Wildman–Crippen MR) is 95.0 cm³/mol. The highest BCUT2D eigenvalue weighted by molar-refractivity contribution is 5.74. The zero-order valence-corrected chi connectivity index (χ0v) is 14.8. The first-order chi connectivity index (χ1) is 11.6. The molecule has 0 aliphatic carbocycles. The van der Waals surface area contributed by atoms with Gasteiger partial charge < -0.3 is 15.0 Å². The van der Waals surface area contributed by atoms with E-state index >= 15 is 0 Å². The third-order valence-electron chi connectivity index (χ3n) is 4.93. The normalized spacial score (nSPS) is 22.3. The molecule has 2 aliphatic heterocycles. The van der Waals surface area contributed by atoms with Crippen molar-refractivity contribution in [3.8, 4) is 0 Å². The average molecular weight is 331 g/mol. The van der Waals surface area contributed by atoms with E-state index in [0.717, 1.165) is 13.1 Å². The molecule has 2 saturated heterocycles. The Hall–Kier alpha value is -1.59. The quantitative estimate of drug-likeness (QED) is 0.922. The van der Waals surface area contributed by atoms with Crippen LogP contribution in [0.4, 0.5) is 4.79 Å². The van der Waals surface area contributed by atoms with Crippen LogP contribution < -0.4 is 5.32 Å². The molecule has 3 rings (SSSR count). The van der Waals surface area contributed by atoms with Crippen molar-refractivity contribution < 1.29 is 9.53 Å². The van der Waals surface area contributed by atoms with Gasteiger partial charge in [0, 0.05) is 13.1 Å². The summed E-state index contributed by atoms with van der Waals surface area (Å²) in [5.41, 5.74) is 1.02. The first-order valence-corrected chi connectivity index (χ1v) is 9.01. The molecule has 132 valence electrons. The number of urea groups is 1. The fourth-order valence-corrected chi connectivity index (χ4v) is 3.67. The Morgan fingerprint density at radius 3 is 2.58 bits per heavy atom. The van der Waals surface area contributed by atoms with Gasteiger partial charge in [-0.25, -0.2) is 4.79 Å². The molecule has 1 atom stereocenters. The van der Waals surface area contributed by atoms with Crippen molar-refractivity contribution in [3.05, 3.63) is 35.9 Å². The highest BCUT2D eigenvalue weighted by Gasteiger charge is 2.31. The number of nitrogens with zero attached hydrogens (tertiary/aromatic N) is 2. The molecule has 1 unspecified atom stereocenters. The zero-order chi connectivity index (χ0) is 17.0. The van der Waals surface area contributed by atoms with Crippen LogP contribution in [0.3, 0.4) is 0 Å². The molecule has 5 nitrogen and oxygen atoms in total. The van der Waals surface area contributed by atoms with E-state index in [2.05, 4.69) is 34.5 Å². The number of ether oxygens (including phenoxy) is 1. The molecule has 2 fully saturated rings. The van der Waals surface area contributed by atoms with Gasteiger partial charge in [0.2, 0.25) is 0 Å². The second kappa shape index (κ2) is 7.53. The Labute approximate surface area is 145 Å². The van der Waals surface area contributed by atoms with Crippen LogP contribution in [0.25, 0.3) is 0 Å². The van der Waals surface area contributed by atoms with E-state index in [4.69, 9.17) is 4.74 Å². The molecule has 0 aromatic heterocycles. The van der Waals surface area contributed by atoms with Gasteiger partial charge in [-0.2, -0.15) is 0 Å². The minimum absolute atomic E-state index is 0.0199. The number of amides is 2. The summed E-state index contributed by atoms with van der Waals surface area (Å²) in [6.07, 6.45) is 2.49. The highest BCUT2D eigenvalue weighted by Crippen LogP contribution is 2.24. The lowest BCUT2D eigenvalue weighted by atomic mass is 10.1.